The van der Waals surface area contributed by atoms with Gasteiger partial charge >= 0.3 is 5.97 Å². The minimum atomic E-state index is -0.491. The van der Waals surface area contributed by atoms with Crippen molar-refractivity contribution < 1.29 is 14.3 Å². The summed E-state index contributed by atoms with van der Waals surface area (Å²) in [7, 11) is 0. The maximum Gasteiger partial charge on any atom is 0.338 e. The third-order valence-corrected chi connectivity index (χ3v) is 7.38. The number of hydrogen-bond donors (Lipinski definition) is 1. The van der Waals surface area contributed by atoms with Gasteiger partial charge in [0.2, 0.25) is 11.1 Å². The fourth-order valence-electron chi connectivity index (χ4n) is 4.25. The quantitative estimate of drug-likeness (QED) is 0.164. The van der Waals surface area contributed by atoms with Crippen molar-refractivity contribution in [3.05, 3.63) is 112 Å². The molecule has 200 valence electrons. The van der Waals surface area contributed by atoms with Gasteiger partial charge in [0.05, 0.1) is 12.2 Å². The Kier molecular flexibility index (Phi) is 8.54. The first-order valence-electron chi connectivity index (χ1n) is 12.8. The summed E-state index contributed by atoms with van der Waals surface area (Å²) in [6.07, 6.45) is 0.741. The van der Waals surface area contributed by atoms with Crippen molar-refractivity contribution in [2.24, 2.45) is 0 Å². The molecule has 7 nitrogen and oxygen atoms in total. The van der Waals surface area contributed by atoms with Gasteiger partial charge in [0.25, 0.3) is 0 Å². The summed E-state index contributed by atoms with van der Waals surface area (Å²) >= 11 is 7.53. The number of ether oxygens (including phenoxy) is 2. The van der Waals surface area contributed by atoms with E-state index in [0.29, 0.717) is 40.6 Å². The third kappa shape index (κ3) is 6.46. The zero-order valence-corrected chi connectivity index (χ0v) is 23.3. The number of esters is 1. The average molecular weight is 561 g/mol. The number of nitrogens with one attached hydrogen (secondary N) is 1. The number of anilines is 1. The monoisotopic (exact) mass is 560 g/mol. The molecule has 1 aliphatic heterocycles. The molecule has 0 bridgehead atoms. The van der Waals surface area contributed by atoms with Gasteiger partial charge in [0.1, 0.15) is 18.4 Å². The lowest BCUT2D eigenvalue weighted by Crippen LogP contribution is -2.29. The van der Waals surface area contributed by atoms with Crippen molar-refractivity contribution >= 4 is 35.3 Å². The molecule has 1 aliphatic rings. The number of carbonyl (C=O) groups is 1. The fraction of sp³-hybridized carbons (Fsp3) is 0.233. The highest BCUT2D eigenvalue weighted by Gasteiger charge is 2.35. The minimum absolute atomic E-state index is 0.349. The van der Waals surface area contributed by atoms with Crippen LogP contribution in [0, 0.1) is 0 Å². The molecule has 0 amide bonds. The predicted octanol–water partition coefficient (Wildman–Crippen LogP) is 7.04. The molecule has 0 aliphatic carbocycles. The van der Waals surface area contributed by atoms with Crippen molar-refractivity contribution in [3.8, 4) is 5.75 Å². The summed E-state index contributed by atoms with van der Waals surface area (Å²) < 4.78 is 13.3. The Labute approximate surface area is 237 Å². The van der Waals surface area contributed by atoms with Crippen LogP contribution in [0.3, 0.4) is 0 Å². The number of nitrogens with zero attached hydrogens (tertiary/aromatic N) is 3. The number of halogens is 1. The number of fused-ring (bicyclic) bond motifs is 1. The highest BCUT2D eigenvalue weighted by molar-refractivity contribution is 7.98. The van der Waals surface area contributed by atoms with E-state index in [1.165, 1.54) is 5.56 Å². The van der Waals surface area contributed by atoms with Gasteiger partial charge in [-0.3, -0.25) is 0 Å². The Bertz CT molecular complexity index is 1450. The van der Waals surface area contributed by atoms with Crippen LogP contribution in [-0.2, 0) is 21.9 Å². The van der Waals surface area contributed by atoms with E-state index < -0.39 is 6.04 Å². The summed E-state index contributed by atoms with van der Waals surface area (Å²) in [5, 5.41) is 9.38. The highest BCUT2D eigenvalue weighted by atomic mass is 35.5. The van der Waals surface area contributed by atoms with E-state index in [2.05, 4.69) is 17.4 Å². The number of allylic oxidation sites excluding steroid dienone is 1. The van der Waals surface area contributed by atoms with Crippen molar-refractivity contribution in [1.29, 1.82) is 0 Å². The van der Waals surface area contributed by atoms with Crippen LogP contribution < -0.4 is 10.1 Å². The molecular weight excluding hydrogens is 532 g/mol. The lowest BCUT2D eigenvalue weighted by molar-refractivity contribution is -0.139. The van der Waals surface area contributed by atoms with Crippen LogP contribution in [0.15, 0.2) is 95.3 Å². The molecule has 4 aromatic rings. The van der Waals surface area contributed by atoms with E-state index in [0.717, 1.165) is 29.1 Å². The largest absolute Gasteiger partial charge is 0.489 e. The van der Waals surface area contributed by atoms with E-state index in [-0.39, 0.29) is 5.97 Å². The van der Waals surface area contributed by atoms with Gasteiger partial charge in [-0.25, -0.2) is 9.48 Å². The Hall–Kier alpha value is -3.75. The van der Waals surface area contributed by atoms with Gasteiger partial charge in [0, 0.05) is 16.5 Å². The summed E-state index contributed by atoms with van der Waals surface area (Å²) in [4.78, 5) is 17.9. The predicted molar refractivity (Wildman–Crippen MR) is 154 cm³/mol. The molecule has 1 unspecified atom stereocenters. The first-order chi connectivity index (χ1) is 19.0. The molecule has 1 N–H and O–H groups in total. The number of thioether (sulfide) groups is 1. The van der Waals surface area contributed by atoms with Gasteiger partial charge in [0.15, 0.2) is 0 Å². The van der Waals surface area contributed by atoms with Gasteiger partial charge < -0.3 is 14.8 Å². The molecule has 0 saturated carbocycles. The van der Waals surface area contributed by atoms with Crippen LogP contribution in [0.1, 0.15) is 43.0 Å². The Morgan fingerprint density at radius 1 is 1.03 bits per heavy atom. The molecule has 39 heavy (non-hydrogen) atoms. The van der Waals surface area contributed by atoms with Crippen molar-refractivity contribution in [1.82, 2.24) is 14.8 Å². The first-order valence-corrected chi connectivity index (χ1v) is 14.1. The number of rotatable bonds is 10. The topological polar surface area (TPSA) is 78.3 Å². The van der Waals surface area contributed by atoms with Crippen molar-refractivity contribution in [2.75, 3.05) is 11.9 Å². The first kappa shape index (κ1) is 26.8. The maximum atomic E-state index is 13.2. The van der Waals surface area contributed by atoms with Gasteiger partial charge in [-0.2, -0.15) is 4.98 Å². The van der Waals surface area contributed by atoms with Crippen LogP contribution >= 0.6 is 23.4 Å². The second-order valence-electron chi connectivity index (χ2n) is 9.12. The molecule has 9 heteroatoms. The van der Waals surface area contributed by atoms with E-state index >= 15 is 0 Å². The normalized spacial score (nSPS) is 14.5. The summed E-state index contributed by atoms with van der Waals surface area (Å²) in [5.41, 5.74) is 4.30. The zero-order chi connectivity index (χ0) is 27.2. The van der Waals surface area contributed by atoms with Crippen LogP contribution in [0.25, 0.3) is 0 Å². The zero-order valence-electron chi connectivity index (χ0n) is 21.8. The number of aromatic nitrogens is 3. The number of benzene rings is 3. The van der Waals surface area contributed by atoms with Gasteiger partial charge in [-0.15, -0.1) is 5.10 Å². The molecule has 1 aromatic heterocycles. The van der Waals surface area contributed by atoms with Crippen molar-refractivity contribution in [3.63, 3.8) is 0 Å². The molecule has 0 saturated heterocycles. The highest BCUT2D eigenvalue weighted by Crippen LogP contribution is 2.37. The van der Waals surface area contributed by atoms with Crippen LogP contribution in [-0.4, -0.2) is 27.3 Å². The standard InChI is InChI=1S/C30H29ClN4O3S/c1-3-17-37-28(36)26-20(2)32-29-33-30(39-19-22-7-5-4-6-8-22)34-35(29)27(26)23-11-15-25(16-12-23)38-18-21-9-13-24(31)14-10-21/h4-16,27H,3,17-19H2,1-2H3,(H,32,33,34). The molecule has 0 radical (unpaired) electrons. The van der Waals surface area contributed by atoms with Gasteiger partial charge in [-0.05, 0) is 54.3 Å². The molecule has 1 atom stereocenters. The lowest BCUT2D eigenvalue weighted by Gasteiger charge is -2.28. The minimum Gasteiger partial charge on any atom is -0.489 e. The van der Waals surface area contributed by atoms with Crippen LogP contribution in [0.5, 0.6) is 5.75 Å². The molecule has 2 heterocycles. The fourth-order valence-corrected chi connectivity index (χ4v) is 5.16. The molecule has 0 fully saturated rings. The smallest absolute Gasteiger partial charge is 0.338 e. The van der Waals surface area contributed by atoms with Crippen molar-refractivity contribution in [2.45, 2.75) is 43.8 Å². The lowest BCUT2D eigenvalue weighted by atomic mass is 9.96. The Balaban J connectivity index is 1.40. The van der Waals surface area contributed by atoms with E-state index in [1.54, 1.807) is 16.4 Å². The maximum absolute atomic E-state index is 13.2. The molecular formula is C30H29ClN4O3S. The van der Waals surface area contributed by atoms with Crippen LogP contribution in [0.2, 0.25) is 5.02 Å². The number of hydrogen-bond acceptors (Lipinski definition) is 7. The average Bonchev–Trinajstić information content (AvgIpc) is 3.37. The van der Waals surface area contributed by atoms with E-state index in [1.807, 2.05) is 80.6 Å². The molecule has 3 aromatic carbocycles. The second kappa shape index (κ2) is 12.4. The summed E-state index contributed by atoms with van der Waals surface area (Å²) in [6, 6.07) is 25.0. The van der Waals surface area contributed by atoms with E-state index in [9.17, 15) is 4.79 Å². The third-order valence-electron chi connectivity index (χ3n) is 6.22. The van der Waals surface area contributed by atoms with Crippen LogP contribution in [0.4, 0.5) is 5.95 Å². The van der Waals surface area contributed by atoms with Gasteiger partial charge in [-0.1, -0.05) is 84.9 Å². The Morgan fingerprint density at radius 3 is 2.49 bits per heavy atom. The molecule has 5 rings (SSSR count). The summed E-state index contributed by atoms with van der Waals surface area (Å²) in [6.45, 7) is 4.61. The SMILES string of the molecule is CCCOC(=O)C1=C(C)Nc2nc(SCc3ccccc3)nn2C1c1ccc(OCc2ccc(Cl)cc2)cc1. The second-order valence-corrected chi connectivity index (χ2v) is 10.5. The summed E-state index contributed by atoms with van der Waals surface area (Å²) in [5.74, 6) is 1.68. The van der Waals surface area contributed by atoms with E-state index in [4.69, 9.17) is 31.2 Å². The molecule has 0 spiro atoms. The number of carbonyl (C=O) groups excluding carboxylic acids is 1. The Morgan fingerprint density at radius 2 is 1.77 bits per heavy atom.